The van der Waals surface area contributed by atoms with Crippen LogP contribution in [0, 0.1) is 17.8 Å². The highest BCUT2D eigenvalue weighted by Crippen LogP contribution is 2.43. The highest BCUT2D eigenvalue weighted by Gasteiger charge is 2.39. The molecule has 4 unspecified atom stereocenters. The van der Waals surface area contributed by atoms with Gasteiger partial charge in [0.1, 0.15) is 6.04 Å². The monoisotopic (exact) mass is 297 g/mol. The van der Waals surface area contributed by atoms with E-state index in [1.165, 1.54) is 13.5 Å². The van der Waals surface area contributed by atoms with Crippen LogP contribution in [0.3, 0.4) is 0 Å². The Morgan fingerprint density at radius 2 is 2.15 bits per heavy atom. The Kier molecular flexibility index (Phi) is 5.13. The smallest absolute Gasteiger partial charge is 0.329 e. The fourth-order valence-corrected chi connectivity index (χ4v) is 4.04. The number of ether oxygens (including phenoxy) is 1. The van der Waals surface area contributed by atoms with Crippen molar-refractivity contribution in [2.45, 2.75) is 25.8 Å². The molecule has 0 aromatic rings. The molecule has 1 amide bonds. The van der Waals surface area contributed by atoms with Crippen molar-refractivity contribution in [3.05, 3.63) is 12.2 Å². The summed E-state index contributed by atoms with van der Waals surface area (Å²) >= 11 is 1.56. The number of carbonyl (C=O) groups is 2. The molecule has 1 saturated carbocycles. The van der Waals surface area contributed by atoms with Gasteiger partial charge in [0.05, 0.1) is 7.11 Å². The van der Waals surface area contributed by atoms with Crippen molar-refractivity contribution in [1.29, 1.82) is 0 Å². The Labute approximate surface area is 124 Å². The lowest BCUT2D eigenvalue weighted by molar-refractivity contribution is -0.151. The average molecular weight is 297 g/mol. The zero-order valence-electron chi connectivity index (χ0n) is 12.4. The molecule has 2 aliphatic carbocycles. The van der Waals surface area contributed by atoms with Gasteiger partial charge in [-0.05, 0) is 36.9 Å². The van der Waals surface area contributed by atoms with Crippen LogP contribution in [-0.4, -0.2) is 48.5 Å². The number of esters is 1. The maximum absolute atomic E-state index is 12.0. The predicted octanol–water partition coefficient (Wildman–Crippen LogP) is 1.95. The standard InChI is InChI=1S/C15H23NO3S/c1-10(17)16(14(9-20-3)15(18)19-2)8-13-7-11-4-5-12(13)6-11/h4-5,11-14H,6-9H2,1-3H3. The molecule has 0 aliphatic heterocycles. The predicted molar refractivity (Wildman–Crippen MR) is 80.4 cm³/mol. The molecule has 0 aromatic heterocycles. The van der Waals surface area contributed by atoms with E-state index in [0.29, 0.717) is 30.1 Å². The normalized spacial score (nSPS) is 28.4. The van der Waals surface area contributed by atoms with E-state index in [9.17, 15) is 9.59 Å². The van der Waals surface area contributed by atoms with Crippen molar-refractivity contribution in [3.63, 3.8) is 0 Å². The van der Waals surface area contributed by atoms with Crippen LogP contribution >= 0.6 is 11.8 Å². The molecule has 0 aromatic carbocycles. The summed E-state index contributed by atoms with van der Waals surface area (Å²) in [6.07, 6.45) is 8.85. The van der Waals surface area contributed by atoms with Gasteiger partial charge in [-0.25, -0.2) is 4.79 Å². The number of nitrogens with zero attached hydrogens (tertiary/aromatic N) is 1. The van der Waals surface area contributed by atoms with Crippen LogP contribution in [0.2, 0.25) is 0 Å². The van der Waals surface area contributed by atoms with E-state index in [2.05, 4.69) is 12.2 Å². The molecule has 2 aliphatic rings. The zero-order chi connectivity index (χ0) is 14.7. The molecule has 1 fully saturated rings. The summed E-state index contributed by atoms with van der Waals surface area (Å²) in [6, 6.07) is -0.462. The van der Waals surface area contributed by atoms with Gasteiger partial charge in [0.25, 0.3) is 0 Å². The molecule has 0 radical (unpaired) electrons. The van der Waals surface area contributed by atoms with E-state index in [-0.39, 0.29) is 11.9 Å². The van der Waals surface area contributed by atoms with Gasteiger partial charge in [-0.1, -0.05) is 12.2 Å². The fourth-order valence-electron chi connectivity index (χ4n) is 3.41. The minimum atomic E-state index is -0.462. The van der Waals surface area contributed by atoms with E-state index in [4.69, 9.17) is 4.74 Å². The Balaban J connectivity index is 2.07. The SMILES string of the molecule is COC(=O)C(CSC)N(CC1CC2C=CC1C2)C(C)=O. The summed E-state index contributed by atoms with van der Waals surface area (Å²) in [5.41, 5.74) is 0. The van der Waals surface area contributed by atoms with Crippen LogP contribution in [0.1, 0.15) is 19.8 Å². The molecule has 5 heteroatoms. The minimum absolute atomic E-state index is 0.0406. The van der Waals surface area contributed by atoms with Crippen LogP contribution in [0.15, 0.2) is 12.2 Å². The summed E-state index contributed by atoms with van der Waals surface area (Å²) in [4.78, 5) is 25.6. The number of hydrogen-bond donors (Lipinski definition) is 0. The van der Waals surface area contributed by atoms with Gasteiger partial charge in [-0.2, -0.15) is 11.8 Å². The first kappa shape index (κ1) is 15.4. The molecular weight excluding hydrogens is 274 g/mol. The molecular formula is C15H23NO3S. The molecule has 112 valence electrons. The first-order valence-corrected chi connectivity index (χ1v) is 8.48. The molecule has 0 heterocycles. The van der Waals surface area contributed by atoms with Gasteiger partial charge in [0.15, 0.2) is 0 Å². The molecule has 20 heavy (non-hydrogen) atoms. The number of amides is 1. The summed E-state index contributed by atoms with van der Waals surface area (Å²) < 4.78 is 4.86. The van der Waals surface area contributed by atoms with Gasteiger partial charge in [0.2, 0.25) is 5.91 Å². The highest BCUT2D eigenvalue weighted by molar-refractivity contribution is 7.98. The van der Waals surface area contributed by atoms with Crippen molar-refractivity contribution < 1.29 is 14.3 Å². The van der Waals surface area contributed by atoms with Crippen molar-refractivity contribution in [2.75, 3.05) is 25.7 Å². The number of thioether (sulfide) groups is 1. The molecule has 4 atom stereocenters. The van der Waals surface area contributed by atoms with Crippen LogP contribution in [-0.2, 0) is 14.3 Å². The second-order valence-electron chi connectivity index (χ2n) is 5.71. The maximum atomic E-state index is 12.0. The average Bonchev–Trinajstić information content (AvgIpc) is 3.03. The number of allylic oxidation sites excluding steroid dienone is 2. The highest BCUT2D eigenvalue weighted by atomic mass is 32.2. The second-order valence-corrected chi connectivity index (χ2v) is 6.62. The third kappa shape index (κ3) is 3.19. The van der Waals surface area contributed by atoms with Crippen molar-refractivity contribution in [3.8, 4) is 0 Å². The van der Waals surface area contributed by atoms with Gasteiger partial charge in [-0.15, -0.1) is 0 Å². The van der Waals surface area contributed by atoms with Crippen molar-refractivity contribution in [1.82, 2.24) is 4.90 Å². The second kappa shape index (κ2) is 6.66. The molecule has 4 nitrogen and oxygen atoms in total. The van der Waals surface area contributed by atoms with Crippen LogP contribution in [0.5, 0.6) is 0 Å². The summed E-state index contributed by atoms with van der Waals surface area (Å²) in [5, 5.41) is 0. The topological polar surface area (TPSA) is 46.6 Å². The van der Waals surface area contributed by atoms with Crippen molar-refractivity contribution >= 4 is 23.6 Å². The Morgan fingerprint density at radius 3 is 2.60 bits per heavy atom. The number of fused-ring (bicyclic) bond motifs is 2. The third-order valence-corrected chi connectivity index (χ3v) is 5.08. The Hall–Kier alpha value is -0.970. The Bertz CT molecular complexity index is 410. The lowest BCUT2D eigenvalue weighted by Crippen LogP contribution is -2.48. The lowest BCUT2D eigenvalue weighted by Gasteiger charge is -2.32. The van der Waals surface area contributed by atoms with Gasteiger partial charge >= 0.3 is 5.97 Å². The van der Waals surface area contributed by atoms with E-state index >= 15 is 0 Å². The van der Waals surface area contributed by atoms with Gasteiger partial charge < -0.3 is 9.64 Å². The number of hydrogen-bond acceptors (Lipinski definition) is 4. The van der Waals surface area contributed by atoms with E-state index in [1.54, 1.807) is 23.6 Å². The van der Waals surface area contributed by atoms with Gasteiger partial charge in [0, 0.05) is 19.2 Å². The summed E-state index contributed by atoms with van der Waals surface area (Å²) in [7, 11) is 1.38. The minimum Gasteiger partial charge on any atom is -0.467 e. The van der Waals surface area contributed by atoms with Crippen LogP contribution in [0.4, 0.5) is 0 Å². The van der Waals surface area contributed by atoms with E-state index in [0.717, 1.165) is 6.42 Å². The number of rotatable bonds is 6. The number of carbonyl (C=O) groups excluding carboxylic acids is 2. The zero-order valence-corrected chi connectivity index (χ0v) is 13.2. The number of methoxy groups -OCH3 is 1. The largest absolute Gasteiger partial charge is 0.467 e. The molecule has 2 bridgehead atoms. The maximum Gasteiger partial charge on any atom is 0.329 e. The van der Waals surface area contributed by atoms with Crippen LogP contribution in [0.25, 0.3) is 0 Å². The first-order chi connectivity index (χ1) is 9.56. The molecule has 2 rings (SSSR count). The van der Waals surface area contributed by atoms with Crippen LogP contribution < -0.4 is 0 Å². The van der Waals surface area contributed by atoms with E-state index < -0.39 is 6.04 Å². The lowest BCUT2D eigenvalue weighted by atomic mass is 9.92. The quantitative estimate of drug-likeness (QED) is 0.555. The third-order valence-electron chi connectivity index (χ3n) is 4.43. The van der Waals surface area contributed by atoms with E-state index in [1.807, 2.05) is 6.26 Å². The summed E-state index contributed by atoms with van der Waals surface area (Å²) in [5.74, 6) is 1.98. The first-order valence-electron chi connectivity index (χ1n) is 7.09. The Morgan fingerprint density at radius 1 is 1.40 bits per heavy atom. The molecule has 0 saturated heterocycles. The summed E-state index contributed by atoms with van der Waals surface area (Å²) in [6.45, 7) is 2.21. The van der Waals surface area contributed by atoms with Gasteiger partial charge in [-0.3, -0.25) is 4.79 Å². The fraction of sp³-hybridized carbons (Fsp3) is 0.733. The van der Waals surface area contributed by atoms with Crippen molar-refractivity contribution in [2.24, 2.45) is 17.8 Å². The molecule has 0 N–H and O–H groups in total. The molecule has 0 spiro atoms.